The van der Waals surface area contributed by atoms with Gasteiger partial charge in [-0.25, -0.2) is 9.97 Å². The lowest BCUT2D eigenvalue weighted by Gasteiger charge is -2.30. The molecule has 1 unspecified atom stereocenters. The largest absolute Gasteiger partial charge is 0.378 e. The smallest absolute Gasteiger partial charge is 0.139 e. The Morgan fingerprint density at radius 1 is 1.30 bits per heavy atom. The van der Waals surface area contributed by atoms with Crippen LogP contribution in [0.1, 0.15) is 36.8 Å². The first kappa shape index (κ1) is 13.8. The molecule has 1 N–H and O–H groups in total. The van der Waals surface area contributed by atoms with Crippen LogP contribution in [0.15, 0.2) is 0 Å². The van der Waals surface area contributed by atoms with Crippen molar-refractivity contribution in [3.05, 3.63) is 17.1 Å². The van der Waals surface area contributed by atoms with Crippen LogP contribution in [0.3, 0.4) is 0 Å². The van der Waals surface area contributed by atoms with Gasteiger partial charge >= 0.3 is 0 Å². The van der Waals surface area contributed by atoms with Crippen LogP contribution >= 0.6 is 11.8 Å². The second-order valence-corrected chi connectivity index (χ2v) is 6.31. The molecule has 6 heteroatoms. The summed E-state index contributed by atoms with van der Waals surface area (Å²) in [5.41, 5.74) is 3.06. The van der Waals surface area contributed by atoms with Crippen LogP contribution in [-0.4, -0.2) is 42.0 Å². The molecule has 1 saturated heterocycles. The molecule has 1 aromatic heterocycles. The van der Waals surface area contributed by atoms with E-state index in [2.05, 4.69) is 4.90 Å². The van der Waals surface area contributed by atoms with Crippen LogP contribution in [0, 0.1) is 5.41 Å². The Morgan fingerprint density at radius 3 is 2.75 bits per heavy atom. The van der Waals surface area contributed by atoms with Gasteiger partial charge in [0.1, 0.15) is 11.6 Å². The average Bonchev–Trinajstić information content (AvgIpc) is 2.94. The van der Waals surface area contributed by atoms with Gasteiger partial charge in [-0.15, -0.1) is 0 Å². The molecule has 0 aliphatic carbocycles. The third kappa shape index (κ3) is 2.54. The molecule has 20 heavy (non-hydrogen) atoms. The number of morpholine rings is 1. The highest BCUT2D eigenvalue weighted by molar-refractivity contribution is 7.98. The molecule has 0 spiro atoms. The standard InChI is InChI=1S/C14H20N4OS/c1-9(10(2)15)13-16-12-8-20-7-11(12)14(17-13)18-3-5-19-6-4-18/h9,15H,3-8H2,1-2H3. The van der Waals surface area contributed by atoms with E-state index >= 15 is 0 Å². The Kier molecular flexibility index (Phi) is 3.94. The normalized spacial score (nSPS) is 19.8. The summed E-state index contributed by atoms with van der Waals surface area (Å²) in [6, 6.07) is 0. The third-order valence-electron chi connectivity index (χ3n) is 3.92. The van der Waals surface area contributed by atoms with Crippen molar-refractivity contribution in [3.63, 3.8) is 0 Å². The average molecular weight is 292 g/mol. The molecule has 3 rings (SSSR count). The summed E-state index contributed by atoms with van der Waals surface area (Å²) < 4.78 is 5.43. The summed E-state index contributed by atoms with van der Waals surface area (Å²) in [6.07, 6.45) is 0. The van der Waals surface area contributed by atoms with E-state index in [1.807, 2.05) is 25.6 Å². The summed E-state index contributed by atoms with van der Waals surface area (Å²) in [6.45, 7) is 7.15. The van der Waals surface area contributed by atoms with Crippen molar-refractivity contribution in [1.82, 2.24) is 9.97 Å². The molecule has 1 aromatic rings. The van der Waals surface area contributed by atoms with Gasteiger partial charge in [0, 0.05) is 35.9 Å². The highest BCUT2D eigenvalue weighted by atomic mass is 32.2. The van der Waals surface area contributed by atoms with Gasteiger partial charge < -0.3 is 15.0 Å². The van der Waals surface area contributed by atoms with Gasteiger partial charge in [-0.3, -0.25) is 0 Å². The Balaban J connectivity index is 2.00. The van der Waals surface area contributed by atoms with E-state index in [9.17, 15) is 0 Å². The molecule has 0 aromatic carbocycles. The first-order valence-corrected chi connectivity index (χ1v) is 8.17. The van der Waals surface area contributed by atoms with E-state index in [1.54, 1.807) is 0 Å². The fourth-order valence-corrected chi connectivity index (χ4v) is 3.51. The lowest BCUT2D eigenvalue weighted by atomic mass is 10.1. The molecular formula is C14H20N4OS. The number of aromatic nitrogens is 2. The van der Waals surface area contributed by atoms with Crippen LogP contribution < -0.4 is 4.90 Å². The molecule has 0 bridgehead atoms. The lowest BCUT2D eigenvalue weighted by molar-refractivity contribution is 0.122. The second kappa shape index (κ2) is 5.69. The summed E-state index contributed by atoms with van der Waals surface area (Å²) in [7, 11) is 0. The maximum Gasteiger partial charge on any atom is 0.139 e. The zero-order valence-electron chi connectivity index (χ0n) is 12.0. The predicted octanol–water partition coefficient (Wildman–Crippen LogP) is 2.20. The zero-order chi connectivity index (χ0) is 14.1. The van der Waals surface area contributed by atoms with Crippen molar-refractivity contribution in [1.29, 1.82) is 5.41 Å². The molecule has 1 atom stereocenters. The number of anilines is 1. The summed E-state index contributed by atoms with van der Waals surface area (Å²) >= 11 is 1.90. The fraction of sp³-hybridized carbons (Fsp3) is 0.643. The monoisotopic (exact) mass is 292 g/mol. The van der Waals surface area contributed by atoms with E-state index in [0.29, 0.717) is 5.71 Å². The van der Waals surface area contributed by atoms with Gasteiger partial charge in [0.05, 0.1) is 24.8 Å². The molecule has 2 aliphatic rings. The van der Waals surface area contributed by atoms with Gasteiger partial charge in [0.2, 0.25) is 0 Å². The molecule has 0 radical (unpaired) electrons. The Hall–Kier alpha value is -1.14. The van der Waals surface area contributed by atoms with Crippen LogP contribution in [0.2, 0.25) is 0 Å². The van der Waals surface area contributed by atoms with E-state index in [4.69, 9.17) is 20.1 Å². The van der Waals surface area contributed by atoms with Gasteiger partial charge in [0.15, 0.2) is 0 Å². The van der Waals surface area contributed by atoms with Crippen molar-refractivity contribution in [2.75, 3.05) is 31.2 Å². The molecule has 3 heterocycles. The van der Waals surface area contributed by atoms with Gasteiger partial charge in [-0.05, 0) is 6.92 Å². The number of thioether (sulfide) groups is 1. The van der Waals surface area contributed by atoms with Crippen LogP contribution in [-0.2, 0) is 16.2 Å². The van der Waals surface area contributed by atoms with Gasteiger partial charge in [-0.2, -0.15) is 11.8 Å². The Bertz CT molecular complexity index is 528. The third-order valence-corrected chi connectivity index (χ3v) is 4.89. The molecule has 0 amide bonds. The van der Waals surface area contributed by atoms with Crippen molar-refractivity contribution in [2.24, 2.45) is 0 Å². The summed E-state index contributed by atoms with van der Waals surface area (Å²) in [5.74, 6) is 3.82. The van der Waals surface area contributed by atoms with Crippen molar-refractivity contribution < 1.29 is 4.74 Å². The minimum absolute atomic E-state index is 0.00862. The summed E-state index contributed by atoms with van der Waals surface area (Å²) in [5, 5.41) is 7.83. The number of rotatable bonds is 3. The quantitative estimate of drug-likeness (QED) is 0.865. The number of ether oxygens (including phenoxy) is 1. The number of nitrogens with zero attached hydrogens (tertiary/aromatic N) is 3. The minimum atomic E-state index is -0.00862. The van der Waals surface area contributed by atoms with E-state index in [-0.39, 0.29) is 5.92 Å². The van der Waals surface area contributed by atoms with Gasteiger partial charge in [0.25, 0.3) is 0 Å². The predicted molar refractivity (Wildman–Crippen MR) is 81.9 cm³/mol. The highest BCUT2D eigenvalue weighted by Gasteiger charge is 2.26. The topological polar surface area (TPSA) is 62.1 Å². The van der Waals surface area contributed by atoms with E-state index < -0.39 is 0 Å². The minimum Gasteiger partial charge on any atom is -0.378 e. The highest BCUT2D eigenvalue weighted by Crippen LogP contribution is 2.35. The van der Waals surface area contributed by atoms with Crippen molar-refractivity contribution in [3.8, 4) is 0 Å². The van der Waals surface area contributed by atoms with Gasteiger partial charge in [-0.1, -0.05) is 6.92 Å². The first-order chi connectivity index (χ1) is 9.66. The van der Waals surface area contributed by atoms with Crippen LogP contribution in [0.5, 0.6) is 0 Å². The van der Waals surface area contributed by atoms with E-state index in [1.165, 1.54) is 5.56 Å². The number of hydrogen-bond donors (Lipinski definition) is 1. The van der Waals surface area contributed by atoms with Crippen LogP contribution in [0.4, 0.5) is 5.82 Å². The number of hydrogen-bond acceptors (Lipinski definition) is 6. The molecule has 2 aliphatic heterocycles. The molecule has 108 valence electrons. The van der Waals surface area contributed by atoms with Crippen molar-refractivity contribution >= 4 is 23.3 Å². The zero-order valence-corrected chi connectivity index (χ0v) is 12.8. The molecule has 5 nitrogen and oxygen atoms in total. The van der Waals surface area contributed by atoms with Crippen molar-refractivity contribution in [2.45, 2.75) is 31.3 Å². The number of fused-ring (bicyclic) bond motifs is 1. The fourth-order valence-electron chi connectivity index (χ4n) is 2.48. The SMILES string of the molecule is CC(=N)C(C)c1nc2c(c(N3CCOCC3)n1)CSC2. The van der Waals surface area contributed by atoms with E-state index in [0.717, 1.165) is 55.1 Å². The van der Waals surface area contributed by atoms with Crippen LogP contribution in [0.25, 0.3) is 0 Å². The molecule has 1 fully saturated rings. The maximum absolute atomic E-state index is 7.83. The Morgan fingerprint density at radius 2 is 2.05 bits per heavy atom. The second-order valence-electron chi connectivity index (χ2n) is 5.33. The Labute approximate surface area is 123 Å². The summed E-state index contributed by atoms with van der Waals surface area (Å²) in [4.78, 5) is 11.8. The first-order valence-electron chi connectivity index (χ1n) is 7.02. The molecular weight excluding hydrogens is 272 g/mol. The number of nitrogens with one attached hydrogen (secondary N) is 1. The molecule has 0 saturated carbocycles. The maximum atomic E-state index is 7.83. The lowest BCUT2D eigenvalue weighted by Crippen LogP contribution is -2.37.